The summed E-state index contributed by atoms with van der Waals surface area (Å²) in [5.41, 5.74) is 1.09. The van der Waals surface area contributed by atoms with Crippen LogP contribution < -0.4 is 4.72 Å². The van der Waals surface area contributed by atoms with E-state index in [1.165, 1.54) is 12.1 Å². The number of H-pyrrole nitrogens is 1. The van der Waals surface area contributed by atoms with Crippen LogP contribution in [0.3, 0.4) is 0 Å². The zero-order chi connectivity index (χ0) is 14.0. The van der Waals surface area contributed by atoms with Crippen LogP contribution in [0.5, 0.6) is 0 Å². The van der Waals surface area contributed by atoms with Crippen LogP contribution in [0.2, 0.25) is 0 Å². The van der Waals surface area contributed by atoms with Crippen LogP contribution in [0.15, 0.2) is 35.5 Å². The van der Waals surface area contributed by atoms with Gasteiger partial charge in [-0.1, -0.05) is 0 Å². The molecule has 0 amide bonds. The fraction of sp³-hybridized carbons (Fsp3) is 0.250. The van der Waals surface area contributed by atoms with Crippen LogP contribution in [0.25, 0.3) is 0 Å². The van der Waals surface area contributed by atoms with Gasteiger partial charge in [-0.05, 0) is 37.6 Å². The highest BCUT2D eigenvalue weighted by Gasteiger charge is 2.20. The van der Waals surface area contributed by atoms with Gasteiger partial charge in [-0.3, -0.25) is 5.10 Å². The lowest BCUT2D eigenvalue weighted by atomic mass is 10.2. The van der Waals surface area contributed by atoms with E-state index in [0.717, 1.165) is 11.6 Å². The summed E-state index contributed by atoms with van der Waals surface area (Å²) in [7, 11) is -3.69. The van der Waals surface area contributed by atoms with Crippen LogP contribution in [0.1, 0.15) is 24.1 Å². The second kappa shape index (κ2) is 5.10. The zero-order valence-electron chi connectivity index (χ0n) is 10.5. The van der Waals surface area contributed by atoms with Crippen LogP contribution in [0, 0.1) is 12.7 Å². The van der Waals surface area contributed by atoms with E-state index in [0.29, 0.717) is 5.56 Å². The second-order valence-electron chi connectivity index (χ2n) is 4.28. The molecule has 0 aliphatic heterocycles. The van der Waals surface area contributed by atoms with Crippen molar-refractivity contribution in [1.82, 2.24) is 14.9 Å². The van der Waals surface area contributed by atoms with E-state index in [1.54, 1.807) is 26.2 Å². The molecule has 7 heteroatoms. The van der Waals surface area contributed by atoms with Crippen molar-refractivity contribution in [1.29, 1.82) is 0 Å². The average molecular weight is 283 g/mol. The number of halogens is 1. The number of sulfonamides is 1. The molecule has 19 heavy (non-hydrogen) atoms. The first-order valence-corrected chi connectivity index (χ1v) is 7.15. The van der Waals surface area contributed by atoms with Gasteiger partial charge in [0.25, 0.3) is 0 Å². The van der Waals surface area contributed by atoms with Gasteiger partial charge in [0.2, 0.25) is 10.0 Å². The van der Waals surface area contributed by atoms with Crippen molar-refractivity contribution < 1.29 is 12.8 Å². The molecular weight excluding hydrogens is 269 g/mol. The average Bonchev–Trinajstić information content (AvgIpc) is 2.80. The van der Waals surface area contributed by atoms with E-state index in [1.807, 2.05) is 0 Å². The summed E-state index contributed by atoms with van der Waals surface area (Å²) in [5.74, 6) is -0.459. The molecule has 0 aliphatic carbocycles. The summed E-state index contributed by atoms with van der Waals surface area (Å²) in [6.45, 7) is 3.27. The summed E-state index contributed by atoms with van der Waals surface area (Å²) in [6.07, 6.45) is 3.16. The number of nitrogens with one attached hydrogen (secondary N) is 2. The Morgan fingerprint density at radius 2 is 2.16 bits per heavy atom. The molecule has 0 saturated heterocycles. The third kappa shape index (κ3) is 2.99. The normalized spacial score (nSPS) is 13.4. The Morgan fingerprint density at radius 3 is 2.74 bits per heavy atom. The highest BCUT2D eigenvalue weighted by molar-refractivity contribution is 7.89. The minimum atomic E-state index is -3.69. The maximum atomic E-state index is 13.0. The van der Waals surface area contributed by atoms with E-state index in [9.17, 15) is 12.8 Å². The molecule has 0 radical (unpaired) electrons. The Balaban J connectivity index is 2.28. The van der Waals surface area contributed by atoms with Crippen LogP contribution in [-0.4, -0.2) is 18.6 Å². The quantitative estimate of drug-likeness (QED) is 0.900. The molecule has 1 aromatic heterocycles. The lowest BCUT2D eigenvalue weighted by Gasteiger charge is -2.14. The van der Waals surface area contributed by atoms with Crippen molar-refractivity contribution in [3.8, 4) is 0 Å². The molecule has 0 aliphatic rings. The first-order valence-electron chi connectivity index (χ1n) is 5.67. The van der Waals surface area contributed by atoms with E-state index in [2.05, 4.69) is 14.9 Å². The van der Waals surface area contributed by atoms with Crippen molar-refractivity contribution in [2.75, 3.05) is 0 Å². The third-order valence-corrected chi connectivity index (χ3v) is 4.48. The molecule has 1 aromatic carbocycles. The summed E-state index contributed by atoms with van der Waals surface area (Å²) in [5, 5.41) is 6.39. The molecule has 0 fully saturated rings. The lowest BCUT2D eigenvalue weighted by molar-refractivity contribution is 0.565. The van der Waals surface area contributed by atoms with Gasteiger partial charge in [0.15, 0.2) is 0 Å². The largest absolute Gasteiger partial charge is 0.285 e. The smallest absolute Gasteiger partial charge is 0.241 e. The van der Waals surface area contributed by atoms with Crippen molar-refractivity contribution in [2.45, 2.75) is 24.8 Å². The number of aromatic nitrogens is 2. The van der Waals surface area contributed by atoms with Crippen molar-refractivity contribution in [3.05, 3.63) is 47.5 Å². The fourth-order valence-corrected chi connectivity index (χ4v) is 3.23. The predicted molar refractivity (Wildman–Crippen MR) is 68.5 cm³/mol. The zero-order valence-corrected chi connectivity index (χ0v) is 11.3. The Bertz CT molecular complexity index is 668. The van der Waals surface area contributed by atoms with E-state index in [4.69, 9.17) is 0 Å². The maximum Gasteiger partial charge on any atom is 0.241 e. The van der Waals surface area contributed by atoms with E-state index >= 15 is 0 Å². The maximum absolute atomic E-state index is 13.0. The van der Waals surface area contributed by atoms with Gasteiger partial charge in [0.1, 0.15) is 5.82 Å². The number of nitrogens with zero attached hydrogens (tertiary/aromatic N) is 1. The lowest BCUT2D eigenvalue weighted by Crippen LogP contribution is -2.27. The molecule has 1 atom stereocenters. The summed E-state index contributed by atoms with van der Waals surface area (Å²) in [4.78, 5) is 0.0734. The number of aryl methyl sites for hydroxylation is 1. The predicted octanol–water partition coefficient (Wildman–Crippen LogP) is 1.90. The molecule has 1 heterocycles. The minimum absolute atomic E-state index is 0.0734. The Kier molecular flexibility index (Phi) is 3.68. The fourth-order valence-electron chi connectivity index (χ4n) is 1.78. The standard InChI is InChI=1S/C12H14FN3O2S/c1-8-5-11(13)3-4-12(8)19(17,18)16-9(2)10-6-14-15-7-10/h3-7,9,16H,1-2H3,(H,14,15). The summed E-state index contributed by atoms with van der Waals surface area (Å²) >= 11 is 0. The number of rotatable bonds is 4. The molecule has 102 valence electrons. The highest BCUT2D eigenvalue weighted by Crippen LogP contribution is 2.19. The van der Waals surface area contributed by atoms with E-state index in [-0.39, 0.29) is 4.90 Å². The molecule has 0 bridgehead atoms. The van der Waals surface area contributed by atoms with Gasteiger partial charge >= 0.3 is 0 Å². The monoisotopic (exact) mass is 283 g/mol. The number of benzene rings is 1. The first kappa shape index (κ1) is 13.7. The second-order valence-corrected chi connectivity index (χ2v) is 5.97. The summed E-state index contributed by atoms with van der Waals surface area (Å²) in [6, 6.07) is 3.16. The third-order valence-electron chi connectivity index (χ3n) is 2.78. The first-order chi connectivity index (χ1) is 8.90. The Morgan fingerprint density at radius 1 is 1.42 bits per heavy atom. The van der Waals surface area contributed by atoms with E-state index < -0.39 is 21.9 Å². The molecule has 0 spiro atoms. The van der Waals surface area contributed by atoms with Gasteiger partial charge < -0.3 is 0 Å². The highest BCUT2D eigenvalue weighted by atomic mass is 32.2. The Labute approximate surface area is 110 Å². The molecule has 2 rings (SSSR count). The van der Waals surface area contributed by atoms with Crippen molar-refractivity contribution in [3.63, 3.8) is 0 Å². The number of hydrogen-bond acceptors (Lipinski definition) is 3. The van der Waals surface area contributed by atoms with Gasteiger partial charge in [-0.15, -0.1) is 0 Å². The topological polar surface area (TPSA) is 74.8 Å². The summed E-state index contributed by atoms with van der Waals surface area (Å²) < 4.78 is 39.9. The Hall–Kier alpha value is -1.73. The van der Waals surface area contributed by atoms with Gasteiger partial charge in [-0.2, -0.15) is 5.10 Å². The number of hydrogen-bond donors (Lipinski definition) is 2. The van der Waals surface area contributed by atoms with Crippen molar-refractivity contribution in [2.24, 2.45) is 0 Å². The van der Waals surface area contributed by atoms with Gasteiger partial charge in [-0.25, -0.2) is 17.5 Å². The van der Waals surface area contributed by atoms with Gasteiger partial charge in [0, 0.05) is 17.8 Å². The van der Waals surface area contributed by atoms with Gasteiger partial charge in [0.05, 0.1) is 11.1 Å². The van der Waals surface area contributed by atoms with Crippen LogP contribution in [-0.2, 0) is 10.0 Å². The molecule has 1 unspecified atom stereocenters. The molecule has 2 aromatic rings. The molecule has 0 saturated carbocycles. The van der Waals surface area contributed by atoms with Crippen LogP contribution in [0.4, 0.5) is 4.39 Å². The minimum Gasteiger partial charge on any atom is -0.285 e. The molecule has 5 nitrogen and oxygen atoms in total. The molecule has 2 N–H and O–H groups in total. The SMILES string of the molecule is Cc1cc(F)ccc1S(=O)(=O)NC(C)c1cn[nH]c1. The van der Waals surface area contributed by atoms with Crippen molar-refractivity contribution >= 4 is 10.0 Å². The van der Waals surface area contributed by atoms with Crippen LogP contribution >= 0.6 is 0 Å². The molecular formula is C12H14FN3O2S. The number of aromatic amines is 1.